The van der Waals surface area contributed by atoms with E-state index in [1.54, 1.807) is 0 Å². The Bertz CT molecular complexity index is 464. The molecule has 1 aromatic heterocycles. The van der Waals surface area contributed by atoms with Crippen molar-refractivity contribution in [1.29, 1.82) is 0 Å². The van der Waals surface area contributed by atoms with Crippen LogP contribution in [0.3, 0.4) is 0 Å². The minimum absolute atomic E-state index is 0.221. The normalized spacial score (nSPS) is 18.7. The van der Waals surface area contributed by atoms with Crippen LogP contribution in [0, 0.1) is 5.41 Å². The SMILES string of the molecule is CC1(C)CCN(c2nc(Cl)ccc2C(=O)O)CC1. The number of anilines is 1. The topological polar surface area (TPSA) is 53.4 Å². The Hall–Kier alpha value is -1.29. The van der Waals surface area contributed by atoms with Gasteiger partial charge in [0.25, 0.3) is 0 Å². The molecule has 1 N–H and O–H groups in total. The molecule has 0 radical (unpaired) electrons. The van der Waals surface area contributed by atoms with Crippen molar-refractivity contribution in [3.8, 4) is 0 Å². The van der Waals surface area contributed by atoms with Gasteiger partial charge in [0.1, 0.15) is 16.5 Å². The van der Waals surface area contributed by atoms with Gasteiger partial charge in [-0.05, 0) is 30.4 Å². The second-order valence-corrected chi connectivity index (χ2v) is 5.85. The Labute approximate surface area is 112 Å². The van der Waals surface area contributed by atoms with Gasteiger partial charge in [0.15, 0.2) is 0 Å². The first-order chi connectivity index (χ1) is 8.39. The molecule has 18 heavy (non-hydrogen) atoms. The van der Waals surface area contributed by atoms with Crippen LogP contribution in [-0.4, -0.2) is 29.1 Å². The molecule has 0 aromatic carbocycles. The molecule has 0 atom stereocenters. The highest BCUT2D eigenvalue weighted by molar-refractivity contribution is 6.29. The average Bonchev–Trinajstić information content (AvgIpc) is 2.28. The van der Waals surface area contributed by atoms with Crippen molar-refractivity contribution >= 4 is 23.4 Å². The van der Waals surface area contributed by atoms with Gasteiger partial charge in [0.05, 0.1) is 0 Å². The summed E-state index contributed by atoms with van der Waals surface area (Å²) in [5.74, 6) is -0.468. The quantitative estimate of drug-likeness (QED) is 0.838. The van der Waals surface area contributed by atoms with Crippen molar-refractivity contribution < 1.29 is 9.90 Å². The number of hydrogen-bond donors (Lipinski definition) is 1. The van der Waals surface area contributed by atoms with Gasteiger partial charge in [0, 0.05) is 13.1 Å². The van der Waals surface area contributed by atoms with Crippen molar-refractivity contribution in [1.82, 2.24) is 4.98 Å². The van der Waals surface area contributed by atoms with E-state index in [-0.39, 0.29) is 5.56 Å². The zero-order valence-corrected chi connectivity index (χ0v) is 11.4. The van der Waals surface area contributed by atoms with E-state index in [9.17, 15) is 9.90 Å². The molecule has 0 unspecified atom stereocenters. The minimum atomic E-state index is -0.959. The van der Waals surface area contributed by atoms with E-state index in [1.165, 1.54) is 12.1 Å². The van der Waals surface area contributed by atoms with Crippen molar-refractivity contribution in [3.63, 3.8) is 0 Å². The van der Waals surface area contributed by atoms with E-state index in [1.807, 2.05) is 4.90 Å². The van der Waals surface area contributed by atoms with Crippen LogP contribution in [0.25, 0.3) is 0 Å². The number of hydrogen-bond acceptors (Lipinski definition) is 3. The molecule has 2 heterocycles. The molecule has 5 heteroatoms. The lowest BCUT2D eigenvalue weighted by Crippen LogP contribution is -2.38. The van der Waals surface area contributed by atoms with Crippen molar-refractivity contribution in [2.24, 2.45) is 5.41 Å². The molecule has 1 fully saturated rings. The van der Waals surface area contributed by atoms with Crippen LogP contribution in [0.15, 0.2) is 12.1 Å². The first-order valence-corrected chi connectivity index (χ1v) is 6.42. The maximum atomic E-state index is 11.2. The Morgan fingerprint density at radius 1 is 1.39 bits per heavy atom. The summed E-state index contributed by atoms with van der Waals surface area (Å²) in [6, 6.07) is 3.04. The summed E-state index contributed by atoms with van der Waals surface area (Å²) in [7, 11) is 0. The van der Waals surface area contributed by atoms with Crippen molar-refractivity contribution in [3.05, 3.63) is 22.8 Å². The lowest BCUT2D eigenvalue weighted by Gasteiger charge is -2.37. The predicted molar refractivity (Wildman–Crippen MR) is 71.4 cm³/mol. The van der Waals surface area contributed by atoms with Crippen LogP contribution in [0.4, 0.5) is 5.82 Å². The third kappa shape index (κ3) is 2.75. The zero-order valence-electron chi connectivity index (χ0n) is 10.6. The molecule has 4 nitrogen and oxygen atoms in total. The van der Waals surface area contributed by atoms with Gasteiger partial charge in [-0.1, -0.05) is 25.4 Å². The Morgan fingerprint density at radius 3 is 2.56 bits per heavy atom. The lowest BCUT2D eigenvalue weighted by molar-refractivity contribution is 0.0697. The van der Waals surface area contributed by atoms with E-state index in [0.717, 1.165) is 25.9 Å². The molecule has 1 aliphatic rings. The van der Waals surface area contributed by atoms with E-state index in [4.69, 9.17) is 11.6 Å². The largest absolute Gasteiger partial charge is 0.478 e. The molecule has 0 saturated carbocycles. The molecule has 1 saturated heterocycles. The summed E-state index contributed by atoms with van der Waals surface area (Å²) in [5.41, 5.74) is 0.539. The monoisotopic (exact) mass is 268 g/mol. The van der Waals surface area contributed by atoms with E-state index < -0.39 is 5.97 Å². The van der Waals surface area contributed by atoms with Gasteiger partial charge in [-0.3, -0.25) is 0 Å². The fraction of sp³-hybridized carbons (Fsp3) is 0.538. The summed E-state index contributed by atoms with van der Waals surface area (Å²) in [6.45, 7) is 6.10. The van der Waals surface area contributed by atoms with Crippen LogP contribution < -0.4 is 4.90 Å². The number of halogens is 1. The van der Waals surface area contributed by atoms with Gasteiger partial charge in [-0.15, -0.1) is 0 Å². The number of carboxylic acid groups (broad SMARTS) is 1. The zero-order chi connectivity index (χ0) is 13.3. The smallest absolute Gasteiger partial charge is 0.339 e. The van der Waals surface area contributed by atoms with Gasteiger partial charge in [-0.2, -0.15) is 0 Å². The molecular formula is C13H17ClN2O2. The summed E-state index contributed by atoms with van der Waals surface area (Å²) in [5, 5.41) is 9.51. The minimum Gasteiger partial charge on any atom is -0.478 e. The van der Waals surface area contributed by atoms with Gasteiger partial charge in [0.2, 0.25) is 0 Å². The molecular weight excluding hydrogens is 252 g/mol. The van der Waals surface area contributed by atoms with E-state index >= 15 is 0 Å². The number of nitrogens with zero attached hydrogens (tertiary/aromatic N) is 2. The third-order valence-electron chi connectivity index (χ3n) is 3.49. The van der Waals surface area contributed by atoms with Crippen molar-refractivity contribution in [2.75, 3.05) is 18.0 Å². The van der Waals surface area contributed by atoms with Crippen LogP contribution in [-0.2, 0) is 0 Å². The van der Waals surface area contributed by atoms with Gasteiger partial charge in [-0.25, -0.2) is 9.78 Å². The first kappa shape index (κ1) is 13.1. The molecule has 0 spiro atoms. The second-order valence-electron chi connectivity index (χ2n) is 5.46. The molecule has 0 amide bonds. The molecule has 1 aromatic rings. The van der Waals surface area contributed by atoms with E-state index in [0.29, 0.717) is 16.4 Å². The summed E-state index contributed by atoms with van der Waals surface area (Å²) >= 11 is 5.87. The molecule has 2 rings (SSSR count). The fourth-order valence-electron chi connectivity index (χ4n) is 2.16. The second kappa shape index (κ2) is 4.76. The highest BCUT2D eigenvalue weighted by Gasteiger charge is 2.28. The summed E-state index contributed by atoms with van der Waals surface area (Å²) in [6.07, 6.45) is 2.06. The molecule has 0 bridgehead atoms. The number of pyridine rings is 1. The van der Waals surface area contributed by atoms with Crippen LogP contribution in [0.2, 0.25) is 5.15 Å². The van der Waals surface area contributed by atoms with Crippen LogP contribution in [0.1, 0.15) is 37.0 Å². The Balaban J connectivity index is 2.28. The maximum Gasteiger partial charge on any atom is 0.339 e. The number of aromatic carboxylic acids is 1. The predicted octanol–water partition coefficient (Wildman–Crippen LogP) is 3.06. The van der Waals surface area contributed by atoms with Crippen LogP contribution in [0.5, 0.6) is 0 Å². The van der Waals surface area contributed by atoms with E-state index in [2.05, 4.69) is 18.8 Å². The number of piperidine rings is 1. The first-order valence-electron chi connectivity index (χ1n) is 6.04. The number of rotatable bonds is 2. The maximum absolute atomic E-state index is 11.2. The Kier molecular flexibility index (Phi) is 3.48. The summed E-state index contributed by atoms with van der Waals surface area (Å²) < 4.78 is 0. The number of carboxylic acids is 1. The van der Waals surface area contributed by atoms with Gasteiger partial charge < -0.3 is 10.0 Å². The summed E-state index contributed by atoms with van der Waals surface area (Å²) in [4.78, 5) is 17.4. The van der Waals surface area contributed by atoms with Gasteiger partial charge >= 0.3 is 5.97 Å². The van der Waals surface area contributed by atoms with Crippen molar-refractivity contribution in [2.45, 2.75) is 26.7 Å². The number of carbonyl (C=O) groups is 1. The highest BCUT2D eigenvalue weighted by atomic mass is 35.5. The molecule has 0 aliphatic carbocycles. The Morgan fingerprint density at radius 2 is 2.00 bits per heavy atom. The highest BCUT2D eigenvalue weighted by Crippen LogP contribution is 2.33. The van der Waals surface area contributed by atoms with Crippen LogP contribution >= 0.6 is 11.6 Å². The average molecular weight is 269 g/mol. The molecule has 1 aliphatic heterocycles. The third-order valence-corrected chi connectivity index (χ3v) is 3.70. The fourth-order valence-corrected chi connectivity index (χ4v) is 2.30. The molecule has 98 valence electrons. The lowest BCUT2D eigenvalue weighted by atomic mass is 9.82. The number of aromatic nitrogens is 1. The standard InChI is InChI=1S/C13H17ClN2O2/c1-13(2)5-7-16(8-6-13)11-9(12(17)18)3-4-10(14)15-11/h3-4H,5-8H2,1-2H3,(H,17,18).